The van der Waals surface area contributed by atoms with E-state index < -0.39 is 12.4 Å². The molecule has 3 aromatic carbocycles. The van der Waals surface area contributed by atoms with E-state index in [0.717, 1.165) is 16.7 Å². The molecule has 1 fully saturated rings. The molecular weight excluding hydrogens is 404 g/mol. The lowest BCUT2D eigenvalue weighted by atomic mass is 10.0. The quantitative estimate of drug-likeness (QED) is 0.461. The summed E-state index contributed by atoms with van der Waals surface area (Å²) in [5.41, 5.74) is 3.28. The first-order chi connectivity index (χ1) is 15.8. The molecule has 0 bridgehead atoms. The fourth-order valence-electron chi connectivity index (χ4n) is 3.78. The van der Waals surface area contributed by atoms with E-state index in [1.165, 1.54) is 0 Å². The van der Waals surface area contributed by atoms with E-state index in [0.29, 0.717) is 26.4 Å². The lowest BCUT2D eigenvalue weighted by Gasteiger charge is -2.41. The lowest BCUT2D eigenvalue weighted by molar-refractivity contribution is -0.293. The van der Waals surface area contributed by atoms with Gasteiger partial charge in [0.25, 0.3) is 0 Å². The van der Waals surface area contributed by atoms with E-state index in [9.17, 15) is 0 Å². The molecule has 5 heteroatoms. The van der Waals surface area contributed by atoms with E-state index >= 15 is 0 Å². The van der Waals surface area contributed by atoms with Crippen LogP contribution in [0.1, 0.15) is 16.7 Å². The topological polar surface area (TPSA) is 46.2 Å². The zero-order valence-corrected chi connectivity index (χ0v) is 18.3. The van der Waals surface area contributed by atoms with Crippen LogP contribution >= 0.6 is 0 Å². The Bertz CT molecular complexity index is 903. The van der Waals surface area contributed by atoms with Crippen molar-refractivity contribution in [1.29, 1.82) is 0 Å². The largest absolute Gasteiger partial charge is 0.368 e. The Hall–Kier alpha value is -2.54. The highest BCUT2D eigenvalue weighted by atomic mass is 16.7. The monoisotopic (exact) mass is 434 g/mol. The van der Waals surface area contributed by atoms with E-state index in [2.05, 4.69) is 0 Å². The SMILES string of the molecule is CO[C@H]1OC[C@@H](OCc2ccccc2)[C@@H](OCc2ccccc2)[C@H]1OCc1ccccc1. The number of methoxy groups -OCH3 is 1. The van der Waals surface area contributed by atoms with Crippen LogP contribution in [0.2, 0.25) is 0 Å². The van der Waals surface area contributed by atoms with Gasteiger partial charge in [0, 0.05) is 7.11 Å². The summed E-state index contributed by atoms with van der Waals surface area (Å²) in [6, 6.07) is 30.3. The highest BCUT2D eigenvalue weighted by Crippen LogP contribution is 2.27. The predicted molar refractivity (Wildman–Crippen MR) is 122 cm³/mol. The molecule has 4 atom stereocenters. The smallest absolute Gasteiger partial charge is 0.186 e. The summed E-state index contributed by atoms with van der Waals surface area (Å²) in [7, 11) is 1.63. The van der Waals surface area contributed by atoms with Crippen molar-refractivity contribution in [3.05, 3.63) is 108 Å². The van der Waals surface area contributed by atoms with E-state index in [1.807, 2.05) is 91.0 Å². The van der Waals surface area contributed by atoms with Crippen LogP contribution in [-0.2, 0) is 43.5 Å². The lowest BCUT2D eigenvalue weighted by Crippen LogP contribution is -2.56. The van der Waals surface area contributed by atoms with Gasteiger partial charge in [-0.1, -0.05) is 91.0 Å². The molecule has 3 aromatic rings. The Balaban J connectivity index is 1.49. The van der Waals surface area contributed by atoms with Crippen LogP contribution in [0.25, 0.3) is 0 Å². The van der Waals surface area contributed by atoms with Gasteiger partial charge >= 0.3 is 0 Å². The third-order valence-corrected chi connectivity index (χ3v) is 5.49. The van der Waals surface area contributed by atoms with Crippen LogP contribution in [0.3, 0.4) is 0 Å². The maximum absolute atomic E-state index is 6.39. The molecule has 0 spiro atoms. The van der Waals surface area contributed by atoms with Crippen molar-refractivity contribution in [3.63, 3.8) is 0 Å². The van der Waals surface area contributed by atoms with Crippen LogP contribution in [0.4, 0.5) is 0 Å². The molecule has 0 unspecified atom stereocenters. The maximum atomic E-state index is 6.39. The summed E-state index contributed by atoms with van der Waals surface area (Å²) in [4.78, 5) is 0. The van der Waals surface area contributed by atoms with Crippen molar-refractivity contribution >= 4 is 0 Å². The van der Waals surface area contributed by atoms with Gasteiger partial charge in [0.05, 0.1) is 26.4 Å². The third-order valence-electron chi connectivity index (χ3n) is 5.49. The Morgan fingerprint density at radius 2 is 1.06 bits per heavy atom. The highest BCUT2D eigenvalue weighted by molar-refractivity contribution is 5.15. The summed E-state index contributed by atoms with van der Waals surface area (Å²) in [6.07, 6.45) is -1.60. The Kier molecular flexibility index (Phi) is 8.42. The molecule has 5 nitrogen and oxygen atoms in total. The van der Waals surface area contributed by atoms with Crippen LogP contribution in [-0.4, -0.2) is 38.3 Å². The van der Waals surface area contributed by atoms with Gasteiger partial charge in [-0.2, -0.15) is 0 Å². The molecule has 32 heavy (non-hydrogen) atoms. The van der Waals surface area contributed by atoms with Crippen molar-refractivity contribution in [2.75, 3.05) is 13.7 Å². The summed E-state index contributed by atoms with van der Waals surface area (Å²) in [5.74, 6) is 0. The van der Waals surface area contributed by atoms with Crippen LogP contribution in [0, 0.1) is 0 Å². The van der Waals surface area contributed by atoms with Gasteiger partial charge in [0.2, 0.25) is 0 Å². The van der Waals surface area contributed by atoms with Gasteiger partial charge in [0.15, 0.2) is 6.29 Å². The Labute approximate surface area is 189 Å². The van der Waals surface area contributed by atoms with Gasteiger partial charge in [-0.15, -0.1) is 0 Å². The molecule has 4 rings (SSSR count). The zero-order chi connectivity index (χ0) is 22.0. The second-order valence-corrected chi connectivity index (χ2v) is 7.79. The standard InChI is InChI=1S/C27H30O5/c1-28-27-26(31-19-23-15-9-4-10-16-23)25(30-18-22-13-7-3-8-14-22)24(20-32-27)29-17-21-11-5-2-6-12-21/h2-16,24-27H,17-20H2,1H3/t24-,25-,26-,27+/m1/s1. The number of hydrogen-bond donors (Lipinski definition) is 0. The number of rotatable bonds is 10. The minimum atomic E-state index is -0.531. The normalized spacial score (nSPS) is 23.2. The number of hydrogen-bond acceptors (Lipinski definition) is 5. The van der Waals surface area contributed by atoms with E-state index in [1.54, 1.807) is 7.11 Å². The molecule has 0 radical (unpaired) electrons. The molecule has 1 heterocycles. The number of benzene rings is 3. The molecule has 0 aromatic heterocycles. The van der Waals surface area contributed by atoms with Crippen LogP contribution < -0.4 is 0 Å². The van der Waals surface area contributed by atoms with Crippen molar-refractivity contribution in [1.82, 2.24) is 0 Å². The molecule has 1 aliphatic rings. The Morgan fingerprint density at radius 1 is 0.625 bits per heavy atom. The Morgan fingerprint density at radius 3 is 1.53 bits per heavy atom. The second-order valence-electron chi connectivity index (χ2n) is 7.79. The average molecular weight is 435 g/mol. The van der Waals surface area contributed by atoms with Crippen molar-refractivity contribution < 1.29 is 23.7 Å². The first-order valence-electron chi connectivity index (χ1n) is 10.9. The fraction of sp³-hybridized carbons (Fsp3) is 0.333. The first kappa shape index (κ1) is 22.6. The molecule has 0 N–H and O–H groups in total. The molecule has 0 saturated carbocycles. The molecule has 1 aliphatic heterocycles. The van der Waals surface area contributed by atoms with E-state index in [4.69, 9.17) is 23.7 Å². The summed E-state index contributed by atoms with van der Waals surface area (Å²) in [5, 5.41) is 0. The highest BCUT2D eigenvalue weighted by Gasteiger charge is 2.43. The first-order valence-corrected chi connectivity index (χ1v) is 10.9. The van der Waals surface area contributed by atoms with Crippen LogP contribution in [0.5, 0.6) is 0 Å². The fourth-order valence-corrected chi connectivity index (χ4v) is 3.78. The third kappa shape index (κ3) is 6.25. The summed E-state index contributed by atoms with van der Waals surface area (Å²) in [6.45, 7) is 1.74. The predicted octanol–water partition coefficient (Wildman–Crippen LogP) is 4.75. The van der Waals surface area contributed by atoms with Crippen molar-refractivity contribution in [2.24, 2.45) is 0 Å². The molecular formula is C27H30O5. The van der Waals surface area contributed by atoms with Crippen molar-refractivity contribution in [3.8, 4) is 0 Å². The minimum absolute atomic E-state index is 0.286. The van der Waals surface area contributed by atoms with Gasteiger partial charge in [-0.3, -0.25) is 0 Å². The van der Waals surface area contributed by atoms with Gasteiger partial charge in [0.1, 0.15) is 18.3 Å². The maximum Gasteiger partial charge on any atom is 0.186 e. The second kappa shape index (κ2) is 11.9. The van der Waals surface area contributed by atoms with Crippen LogP contribution in [0.15, 0.2) is 91.0 Å². The van der Waals surface area contributed by atoms with Crippen molar-refractivity contribution in [2.45, 2.75) is 44.4 Å². The van der Waals surface area contributed by atoms with Gasteiger partial charge < -0.3 is 23.7 Å². The molecule has 0 amide bonds. The molecule has 1 saturated heterocycles. The molecule has 0 aliphatic carbocycles. The van der Waals surface area contributed by atoms with E-state index in [-0.39, 0.29) is 12.2 Å². The minimum Gasteiger partial charge on any atom is -0.368 e. The molecule has 168 valence electrons. The van der Waals surface area contributed by atoms with Gasteiger partial charge in [-0.25, -0.2) is 0 Å². The summed E-state index contributed by atoms with van der Waals surface area (Å²) < 4.78 is 30.5. The van der Waals surface area contributed by atoms with Gasteiger partial charge in [-0.05, 0) is 16.7 Å². The average Bonchev–Trinajstić information content (AvgIpc) is 2.87. The number of ether oxygens (including phenoxy) is 5. The summed E-state index contributed by atoms with van der Waals surface area (Å²) >= 11 is 0. The zero-order valence-electron chi connectivity index (χ0n) is 18.3.